The first-order chi connectivity index (χ1) is 10.2. The molecule has 1 aliphatic rings. The largest absolute Gasteiger partial charge is 0.377 e. The SMILES string of the molecule is CN(C)Cc1cc(CC2(NCc3ncc[nH]3)COC2)no1. The van der Waals surface area contributed by atoms with Crippen LogP contribution in [0.2, 0.25) is 0 Å². The highest BCUT2D eigenvalue weighted by Gasteiger charge is 2.39. The van der Waals surface area contributed by atoms with Gasteiger partial charge in [-0.3, -0.25) is 5.32 Å². The van der Waals surface area contributed by atoms with Gasteiger partial charge in [-0.1, -0.05) is 5.16 Å². The minimum absolute atomic E-state index is 0.0704. The number of aromatic nitrogens is 3. The van der Waals surface area contributed by atoms with Gasteiger partial charge < -0.3 is 19.1 Å². The molecule has 114 valence electrons. The normalized spacial score (nSPS) is 17.1. The molecule has 1 aliphatic heterocycles. The van der Waals surface area contributed by atoms with E-state index in [-0.39, 0.29) is 5.54 Å². The first kappa shape index (κ1) is 14.2. The van der Waals surface area contributed by atoms with Gasteiger partial charge in [0, 0.05) is 24.9 Å². The summed E-state index contributed by atoms with van der Waals surface area (Å²) in [4.78, 5) is 9.37. The second-order valence-electron chi connectivity index (χ2n) is 5.86. The molecule has 0 spiro atoms. The van der Waals surface area contributed by atoms with Gasteiger partial charge in [-0.05, 0) is 14.1 Å². The summed E-state index contributed by atoms with van der Waals surface area (Å²) < 4.78 is 10.8. The van der Waals surface area contributed by atoms with Gasteiger partial charge in [0.2, 0.25) is 0 Å². The van der Waals surface area contributed by atoms with Crippen molar-refractivity contribution in [2.45, 2.75) is 25.0 Å². The number of H-pyrrole nitrogens is 1. The van der Waals surface area contributed by atoms with Crippen molar-refractivity contribution >= 4 is 0 Å². The van der Waals surface area contributed by atoms with Crippen LogP contribution in [0, 0.1) is 0 Å². The second kappa shape index (κ2) is 5.97. The van der Waals surface area contributed by atoms with Crippen LogP contribution in [0.25, 0.3) is 0 Å². The maximum absolute atomic E-state index is 5.39. The molecule has 3 rings (SSSR count). The van der Waals surface area contributed by atoms with Crippen LogP contribution in [0.3, 0.4) is 0 Å². The van der Waals surface area contributed by atoms with E-state index in [1.54, 1.807) is 6.20 Å². The van der Waals surface area contributed by atoms with Gasteiger partial charge in [-0.2, -0.15) is 0 Å². The smallest absolute Gasteiger partial charge is 0.150 e. The molecular formula is C14H21N5O2. The topological polar surface area (TPSA) is 79.2 Å². The van der Waals surface area contributed by atoms with Gasteiger partial charge in [-0.15, -0.1) is 0 Å². The van der Waals surface area contributed by atoms with Crippen molar-refractivity contribution in [2.75, 3.05) is 27.3 Å². The van der Waals surface area contributed by atoms with Crippen LogP contribution >= 0.6 is 0 Å². The van der Waals surface area contributed by atoms with Crippen molar-refractivity contribution in [1.29, 1.82) is 0 Å². The zero-order chi connectivity index (χ0) is 14.7. The fraction of sp³-hybridized carbons (Fsp3) is 0.571. The lowest BCUT2D eigenvalue weighted by Crippen LogP contribution is -2.61. The Balaban J connectivity index is 1.59. The lowest BCUT2D eigenvalue weighted by molar-refractivity contribution is -0.0758. The third-order valence-corrected chi connectivity index (χ3v) is 3.54. The zero-order valence-corrected chi connectivity index (χ0v) is 12.4. The Kier molecular flexibility index (Phi) is 4.05. The number of imidazole rings is 1. The minimum atomic E-state index is -0.0704. The first-order valence-electron chi connectivity index (χ1n) is 7.05. The molecule has 0 aliphatic carbocycles. The van der Waals surface area contributed by atoms with E-state index in [9.17, 15) is 0 Å². The predicted octanol–water partition coefficient (Wildman–Crippen LogP) is 0.561. The van der Waals surface area contributed by atoms with Crippen LogP contribution in [0.5, 0.6) is 0 Å². The summed E-state index contributed by atoms with van der Waals surface area (Å²) >= 11 is 0. The van der Waals surface area contributed by atoms with E-state index < -0.39 is 0 Å². The van der Waals surface area contributed by atoms with E-state index in [0.717, 1.165) is 30.2 Å². The van der Waals surface area contributed by atoms with Crippen LogP contribution in [0.4, 0.5) is 0 Å². The molecule has 2 aromatic heterocycles. The lowest BCUT2D eigenvalue weighted by atomic mass is 9.91. The molecule has 0 atom stereocenters. The van der Waals surface area contributed by atoms with Gasteiger partial charge in [-0.25, -0.2) is 4.98 Å². The van der Waals surface area contributed by atoms with Crippen molar-refractivity contribution in [2.24, 2.45) is 0 Å². The monoisotopic (exact) mass is 291 g/mol. The summed E-state index contributed by atoms with van der Waals surface area (Å²) in [5.41, 5.74) is 0.890. The quantitative estimate of drug-likeness (QED) is 0.776. The van der Waals surface area contributed by atoms with Crippen LogP contribution < -0.4 is 5.32 Å². The Bertz CT molecular complexity index is 560. The highest BCUT2D eigenvalue weighted by atomic mass is 16.5. The number of ether oxygens (including phenoxy) is 1. The summed E-state index contributed by atoms with van der Waals surface area (Å²) in [5.74, 6) is 1.81. The molecule has 7 heteroatoms. The van der Waals surface area contributed by atoms with Gasteiger partial charge >= 0.3 is 0 Å². The number of nitrogens with one attached hydrogen (secondary N) is 2. The fourth-order valence-electron chi connectivity index (χ4n) is 2.45. The molecule has 0 saturated carbocycles. The van der Waals surface area contributed by atoms with E-state index in [1.807, 2.05) is 26.4 Å². The first-order valence-corrected chi connectivity index (χ1v) is 7.05. The highest BCUT2D eigenvalue weighted by Crippen LogP contribution is 2.23. The van der Waals surface area contributed by atoms with E-state index in [0.29, 0.717) is 19.8 Å². The van der Waals surface area contributed by atoms with E-state index >= 15 is 0 Å². The van der Waals surface area contributed by atoms with E-state index in [4.69, 9.17) is 9.26 Å². The Morgan fingerprint density at radius 3 is 2.90 bits per heavy atom. The Morgan fingerprint density at radius 1 is 1.43 bits per heavy atom. The predicted molar refractivity (Wildman–Crippen MR) is 76.6 cm³/mol. The average Bonchev–Trinajstić information content (AvgIpc) is 3.03. The van der Waals surface area contributed by atoms with Crippen molar-refractivity contribution in [1.82, 2.24) is 25.3 Å². The molecule has 1 saturated heterocycles. The third kappa shape index (κ3) is 3.49. The average molecular weight is 291 g/mol. The van der Waals surface area contributed by atoms with Crippen LogP contribution in [-0.4, -0.2) is 52.9 Å². The Morgan fingerprint density at radius 2 is 2.29 bits per heavy atom. The molecule has 7 nitrogen and oxygen atoms in total. The van der Waals surface area contributed by atoms with Gasteiger partial charge in [0.15, 0.2) is 5.76 Å². The van der Waals surface area contributed by atoms with E-state index in [1.165, 1.54) is 0 Å². The zero-order valence-electron chi connectivity index (χ0n) is 12.4. The van der Waals surface area contributed by atoms with Crippen LogP contribution in [-0.2, 0) is 24.2 Å². The maximum Gasteiger partial charge on any atom is 0.150 e. The Labute approximate surface area is 123 Å². The summed E-state index contributed by atoms with van der Waals surface area (Å²) in [7, 11) is 4.02. The number of aromatic amines is 1. The second-order valence-corrected chi connectivity index (χ2v) is 5.86. The molecule has 2 N–H and O–H groups in total. The highest BCUT2D eigenvalue weighted by molar-refractivity contribution is 5.12. The number of rotatable bonds is 7. The number of hydrogen-bond donors (Lipinski definition) is 2. The standard InChI is InChI=1S/C14H21N5O2/c1-19(2)8-12-5-11(18-21-12)6-14(9-20-10-14)17-7-13-15-3-4-16-13/h3-5,17H,6-10H2,1-2H3,(H,15,16). The van der Waals surface area contributed by atoms with Gasteiger partial charge in [0.1, 0.15) is 5.82 Å². The van der Waals surface area contributed by atoms with Crippen molar-refractivity contribution in [3.8, 4) is 0 Å². The lowest BCUT2D eigenvalue weighted by Gasteiger charge is -2.41. The van der Waals surface area contributed by atoms with Crippen LogP contribution in [0.1, 0.15) is 17.3 Å². The molecule has 0 radical (unpaired) electrons. The molecule has 1 fully saturated rings. The molecule has 0 bridgehead atoms. The molecule has 0 aromatic carbocycles. The summed E-state index contributed by atoms with van der Waals surface area (Å²) in [6, 6.07) is 2.02. The molecule has 21 heavy (non-hydrogen) atoms. The maximum atomic E-state index is 5.39. The molecule has 0 amide bonds. The van der Waals surface area contributed by atoms with Crippen LogP contribution in [0.15, 0.2) is 23.0 Å². The van der Waals surface area contributed by atoms with Crippen molar-refractivity contribution in [3.63, 3.8) is 0 Å². The van der Waals surface area contributed by atoms with Crippen molar-refractivity contribution < 1.29 is 9.26 Å². The minimum Gasteiger partial charge on any atom is -0.377 e. The van der Waals surface area contributed by atoms with Crippen molar-refractivity contribution in [3.05, 3.63) is 35.7 Å². The fourth-order valence-corrected chi connectivity index (χ4v) is 2.45. The molecule has 0 unspecified atom stereocenters. The summed E-state index contributed by atoms with van der Waals surface area (Å²) in [6.45, 7) is 2.82. The van der Waals surface area contributed by atoms with Gasteiger partial charge in [0.25, 0.3) is 0 Å². The summed E-state index contributed by atoms with van der Waals surface area (Å²) in [6.07, 6.45) is 4.38. The number of hydrogen-bond acceptors (Lipinski definition) is 6. The Hall–Kier alpha value is -1.70. The molecule has 2 aromatic rings. The molecule has 3 heterocycles. The van der Waals surface area contributed by atoms with E-state index in [2.05, 4.69) is 25.3 Å². The number of nitrogens with zero attached hydrogens (tertiary/aromatic N) is 3. The van der Waals surface area contributed by atoms with Gasteiger partial charge in [0.05, 0.1) is 37.5 Å². The summed E-state index contributed by atoms with van der Waals surface area (Å²) in [5, 5.41) is 7.68. The molecular weight excluding hydrogens is 270 g/mol. The third-order valence-electron chi connectivity index (χ3n) is 3.54.